The third kappa shape index (κ3) is 2.63. The summed E-state index contributed by atoms with van der Waals surface area (Å²) in [5, 5.41) is 0.0773. The maximum Gasteiger partial charge on any atom is 0.144 e. The average molecular weight is 323 g/mol. The number of benzene rings is 2. The lowest BCUT2D eigenvalue weighted by Crippen LogP contribution is -2.02. The Balaban J connectivity index is 2.29. The second-order valence-electron chi connectivity index (χ2n) is 4.89. The van der Waals surface area contributed by atoms with Crippen molar-refractivity contribution in [3.63, 3.8) is 0 Å². The van der Waals surface area contributed by atoms with Crippen molar-refractivity contribution in [2.75, 3.05) is 5.88 Å². The van der Waals surface area contributed by atoms with Crippen molar-refractivity contribution in [1.82, 2.24) is 9.55 Å². The molecule has 3 aromatic rings. The molecule has 0 amide bonds. The Bertz CT molecular complexity index is 794. The van der Waals surface area contributed by atoms with E-state index in [2.05, 4.69) is 4.98 Å². The van der Waals surface area contributed by atoms with Crippen LogP contribution in [0.4, 0.5) is 4.39 Å². The van der Waals surface area contributed by atoms with Crippen LogP contribution in [-0.2, 0) is 6.42 Å². The number of halogens is 3. The minimum absolute atomic E-state index is 0.0773. The van der Waals surface area contributed by atoms with E-state index in [1.165, 1.54) is 6.07 Å². The highest BCUT2D eigenvalue weighted by molar-refractivity contribution is 6.31. The zero-order valence-electron chi connectivity index (χ0n) is 11.4. The molecule has 0 aliphatic rings. The van der Waals surface area contributed by atoms with Gasteiger partial charge in [0.05, 0.1) is 16.1 Å². The molecule has 2 nitrogen and oxygen atoms in total. The van der Waals surface area contributed by atoms with Gasteiger partial charge in [-0.05, 0) is 25.1 Å². The van der Waals surface area contributed by atoms with Gasteiger partial charge in [-0.25, -0.2) is 9.37 Å². The summed E-state index contributed by atoms with van der Waals surface area (Å²) in [6.07, 6.45) is 0.601. The summed E-state index contributed by atoms with van der Waals surface area (Å²) in [6, 6.07) is 11.0. The minimum atomic E-state index is -0.449. The highest BCUT2D eigenvalue weighted by Crippen LogP contribution is 2.27. The molecule has 0 fully saturated rings. The molecule has 3 rings (SSSR count). The van der Waals surface area contributed by atoms with Crippen molar-refractivity contribution in [2.45, 2.75) is 13.3 Å². The Hall–Kier alpha value is -1.58. The molecule has 0 unspecified atom stereocenters. The number of aryl methyl sites for hydroxylation is 2. The predicted octanol–water partition coefficient (Wildman–Crippen LogP) is 4.91. The summed E-state index contributed by atoms with van der Waals surface area (Å²) in [5.41, 5.74) is 3.46. The Labute approximate surface area is 132 Å². The van der Waals surface area contributed by atoms with E-state index in [0.717, 1.165) is 17.1 Å². The van der Waals surface area contributed by atoms with Gasteiger partial charge >= 0.3 is 0 Å². The minimum Gasteiger partial charge on any atom is -0.296 e. The van der Waals surface area contributed by atoms with E-state index in [1.807, 2.05) is 35.8 Å². The van der Waals surface area contributed by atoms with Crippen LogP contribution in [0.5, 0.6) is 0 Å². The smallest absolute Gasteiger partial charge is 0.144 e. The van der Waals surface area contributed by atoms with Crippen LogP contribution < -0.4 is 0 Å². The summed E-state index contributed by atoms with van der Waals surface area (Å²) in [6.45, 7) is 2.02. The normalized spacial score (nSPS) is 11.2. The lowest BCUT2D eigenvalue weighted by molar-refractivity contribution is 0.629. The van der Waals surface area contributed by atoms with Gasteiger partial charge in [-0.2, -0.15) is 0 Å². The van der Waals surface area contributed by atoms with Gasteiger partial charge < -0.3 is 0 Å². The monoisotopic (exact) mass is 322 g/mol. The highest BCUT2D eigenvalue weighted by atomic mass is 35.5. The van der Waals surface area contributed by atoms with Crippen molar-refractivity contribution >= 4 is 34.2 Å². The van der Waals surface area contributed by atoms with Crippen LogP contribution in [0.15, 0.2) is 36.4 Å². The summed E-state index contributed by atoms with van der Waals surface area (Å²) in [4.78, 5) is 4.53. The Morgan fingerprint density at radius 1 is 1.19 bits per heavy atom. The van der Waals surface area contributed by atoms with E-state index in [1.54, 1.807) is 6.07 Å². The number of aromatic nitrogens is 2. The van der Waals surface area contributed by atoms with Crippen LogP contribution in [0.25, 0.3) is 16.7 Å². The molecule has 0 radical (unpaired) electrons. The summed E-state index contributed by atoms with van der Waals surface area (Å²) < 4.78 is 15.7. The molecule has 21 heavy (non-hydrogen) atoms. The molecule has 5 heteroatoms. The molecule has 0 spiro atoms. The molecular formula is C16H13Cl2FN2. The Kier molecular flexibility index (Phi) is 3.87. The second-order valence-corrected chi connectivity index (χ2v) is 5.68. The third-order valence-electron chi connectivity index (χ3n) is 3.38. The van der Waals surface area contributed by atoms with E-state index in [9.17, 15) is 4.39 Å². The summed E-state index contributed by atoms with van der Waals surface area (Å²) in [7, 11) is 0. The van der Waals surface area contributed by atoms with Gasteiger partial charge in [0.1, 0.15) is 11.6 Å². The van der Waals surface area contributed by atoms with Crippen LogP contribution in [0.1, 0.15) is 11.4 Å². The topological polar surface area (TPSA) is 17.8 Å². The van der Waals surface area contributed by atoms with Crippen LogP contribution in [0, 0.1) is 12.7 Å². The quantitative estimate of drug-likeness (QED) is 0.626. The first-order valence-corrected chi connectivity index (χ1v) is 7.51. The van der Waals surface area contributed by atoms with Crippen LogP contribution >= 0.6 is 23.2 Å². The molecule has 0 bridgehead atoms. The number of alkyl halides is 1. The fourth-order valence-electron chi connectivity index (χ4n) is 2.36. The number of fused-ring (bicyclic) bond motifs is 1. The second kappa shape index (κ2) is 5.66. The number of rotatable bonds is 3. The van der Waals surface area contributed by atoms with Crippen molar-refractivity contribution < 1.29 is 4.39 Å². The van der Waals surface area contributed by atoms with E-state index in [0.29, 0.717) is 23.3 Å². The Morgan fingerprint density at radius 2 is 1.90 bits per heavy atom. The third-order valence-corrected chi connectivity index (χ3v) is 3.85. The van der Waals surface area contributed by atoms with E-state index >= 15 is 0 Å². The molecule has 0 aliphatic carbocycles. The zero-order valence-corrected chi connectivity index (χ0v) is 12.9. The van der Waals surface area contributed by atoms with Gasteiger partial charge in [-0.3, -0.25) is 4.57 Å². The van der Waals surface area contributed by atoms with Gasteiger partial charge in [0.25, 0.3) is 0 Å². The molecule has 0 saturated carbocycles. The fraction of sp³-hybridized carbons (Fsp3) is 0.188. The van der Waals surface area contributed by atoms with Gasteiger partial charge in [-0.1, -0.05) is 29.3 Å². The van der Waals surface area contributed by atoms with Crippen LogP contribution in [0.2, 0.25) is 5.02 Å². The molecule has 2 aromatic carbocycles. The predicted molar refractivity (Wildman–Crippen MR) is 85.2 cm³/mol. The van der Waals surface area contributed by atoms with Crippen LogP contribution in [-0.4, -0.2) is 15.4 Å². The molecule has 0 N–H and O–H groups in total. The largest absolute Gasteiger partial charge is 0.296 e. The first-order chi connectivity index (χ1) is 10.1. The molecule has 0 atom stereocenters. The van der Waals surface area contributed by atoms with Gasteiger partial charge in [0, 0.05) is 24.1 Å². The Morgan fingerprint density at radius 3 is 2.57 bits per heavy atom. The maximum atomic E-state index is 13.8. The first-order valence-electron chi connectivity index (χ1n) is 6.59. The van der Waals surface area contributed by atoms with E-state index in [-0.39, 0.29) is 5.02 Å². The summed E-state index contributed by atoms with van der Waals surface area (Å²) in [5.74, 6) is 0.797. The molecular weight excluding hydrogens is 310 g/mol. The van der Waals surface area contributed by atoms with Crippen molar-refractivity contribution in [2.24, 2.45) is 0 Å². The highest BCUT2D eigenvalue weighted by Gasteiger charge is 2.14. The molecule has 1 aromatic heterocycles. The van der Waals surface area contributed by atoms with Crippen molar-refractivity contribution in [3.8, 4) is 5.69 Å². The van der Waals surface area contributed by atoms with E-state index in [4.69, 9.17) is 23.2 Å². The zero-order chi connectivity index (χ0) is 15.0. The lowest BCUT2D eigenvalue weighted by Gasteiger charge is -2.09. The van der Waals surface area contributed by atoms with Gasteiger partial charge in [0.15, 0.2) is 0 Å². The summed E-state index contributed by atoms with van der Waals surface area (Å²) >= 11 is 11.7. The fourth-order valence-corrected chi connectivity index (χ4v) is 2.68. The van der Waals surface area contributed by atoms with Crippen molar-refractivity contribution in [1.29, 1.82) is 0 Å². The number of hydrogen-bond acceptors (Lipinski definition) is 1. The van der Waals surface area contributed by atoms with Crippen molar-refractivity contribution in [3.05, 3.63) is 58.6 Å². The van der Waals surface area contributed by atoms with Crippen LogP contribution in [0.3, 0.4) is 0 Å². The number of imidazole rings is 1. The van der Waals surface area contributed by atoms with Gasteiger partial charge in [-0.15, -0.1) is 11.6 Å². The van der Waals surface area contributed by atoms with E-state index < -0.39 is 5.82 Å². The SMILES string of the molecule is Cc1ccc(-n2c(CCCl)nc3cc(Cl)c(F)cc32)cc1. The molecule has 108 valence electrons. The number of hydrogen-bond donors (Lipinski definition) is 0. The van der Waals surface area contributed by atoms with Gasteiger partial charge in [0.2, 0.25) is 0 Å². The maximum absolute atomic E-state index is 13.8. The standard InChI is InChI=1S/C16H13Cl2FN2/c1-10-2-4-11(5-3-10)21-15-9-13(19)12(18)8-14(15)20-16(21)6-7-17/h2-5,8-9H,6-7H2,1H3. The molecule has 0 aliphatic heterocycles. The number of nitrogens with zero attached hydrogens (tertiary/aromatic N) is 2. The molecule has 0 saturated heterocycles. The average Bonchev–Trinajstić information content (AvgIpc) is 2.78. The lowest BCUT2D eigenvalue weighted by atomic mass is 10.2. The first kappa shape index (κ1) is 14.4. The molecule has 1 heterocycles.